The number of hydrogen-bond donors (Lipinski definition) is 1. The molecule has 1 saturated carbocycles. The molecule has 0 saturated heterocycles. The van der Waals surface area contributed by atoms with Crippen molar-refractivity contribution in [1.29, 1.82) is 0 Å². The second-order valence-electron chi connectivity index (χ2n) is 5.06. The van der Waals surface area contributed by atoms with Crippen LogP contribution in [0, 0.1) is 11.8 Å². The zero-order valence-electron chi connectivity index (χ0n) is 9.69. The highest BCUT2D eigenvalue weighted by Gasteiger charge is 2.36. The maximum absolute atomic E-state index is 12.1. The Kier molecular flexibility index (Phi) is 4.14. The van der Waals surface area contributed by atoms with Crippen molar-refractivity contribution in [2.75, 3.05) is 0 Å². The minimum absolute atomic E-state index is 0.136. The van der Waals surface area contributed by atoms with Gasteiger partial charge < -0.3 is 5.73 Å². The zero-order chi connectivity index (χ0) is 10.9. The first-order chi connectivity index (χ1) is 6.43. The molecule has 1 aliphatic rings. The van der Waals surface area contributed by atoms with E-state index in [9.17, 15) is 4.21 Å². The highest BCUT2D eigenvalue weighted by molar-refractivity contribution is 7.86. The summed E-state index contributed by atoms with van der Waals surface area (Å²) in [5, 5.41) is 0.452. The SMILES string of the molecule is CC1CC(C)C(S(=O)C(C)C)C(N)C1. The van der Waals surface area contributed by atoms with Gasteiger partial charge in [-0.15, -0.1) is 0 Å². The smallest absolute Gasteiger partial charge is 0.0527 e. The molecule has 5 atom stereocenters. The minimum Gasteiger partial charge on any atom is -0.327 e. The van der Waals surface area contributed by atoms with Crippen molar-refractivity contribution in [3.05, 3.63) is 0 Å². The average molecular weight is 217 g/mol. The average Bonchev–Trinajstić information content (AvgIpc) is 2.01. The standard InChI is InChI=1S/C11H23NOS/c1-7(2)14(13)11-9(4)5-8(3)6-10(11)12/h7-11H,5-6,12H2,1-4H3. The molecule has 0 spiro atoms. The fourth-order valence-corrected chi connectivity index (χ4v) is 4.25. The summed E-state index contributed by atoms with van der Waals surface area (Å²) in [7, 11) is -0.758. The summed E-state index contributed by atoms with van der Waals surface area (Å²) < 4.78 is 12.1. The largest absolute Gasteiger partial charge is 0.327 e. The summed E-state index contributed by atoms with van der Waals surface area (Å²) in [5.74, 6) is 1.21. The lowest BCUT2D eigenvalue weighted by atomic mass is 9.80. The quantitative estimate of drug-likeness (QED) is 0.768. The van der Waals surface area contributed by atoms with Crippen LogP contribution in [0.1, 0.15) is 40.5 Å². The van der Waals surface area contributed by atoms with E-state index in [4.69, 9.17) is 5.73 Å². The van der Waals surface area contributed by atoms with Crippen molar-refractivity contribution in [1.82, 2.24) is 0 Å². The molecular formula is C11H23NOS. The van der Waals surface area contributed by atoms with Crippen LogP contribution >= 0.6 is 0 Å². The van der Waals surface area contributed by atoms with Crippen molar-refractivity contribution >= 4 is 10.8 Å². The lowest BCUT2D eigenvalue weighted by Crippen LogP contribution is -2.48. The molecule has 0 amide bonds. The lowest BCUT2D eigenvalue weighted by molar-refractivity contribution is 0.275. The van der Waals surface area contributed by atoms with Crippen LogP contribution in [0.15, 0.2) is 0 Å². The molecule has 1 rings (SSSR count). The van der Waals surface area contributed by atoms with Gasteiger partial charge in [0.1, 0.15) is 0 Å². The fraction of sp³-hybridized carbons (Fsp3) is 1.00. The van der Waals surface area contributed by atoms with Gasteiger partial charge >= 0.3 is 0 Å². The lowest BCUT2D eigenvalue weighted by Gasteiger charge is -2.37. The Morgan fingerprint density at radius 3 is 2.29 bits per heavy atom. The van der Waals surface area contributed by atoms with E-state index in [2.05, 4.69) is 13.8 Å². The summed E-state index contributed by atoms with van der Waals surface area (Å²) >= 11 is 0. The predicted molar refractivity (Wildman–Crippen MR) is 62.6 cm³/mol. The third kappa shape index (κ3) is 2.57. The van der Waals surface area contributed by atoms with Crippen LogP contribution in [-0.4, -0.2) is 20.8 Å². The van der Waals surface area contributed by atoms with Crippen molar-refractivity contribution in [2.24, 2.45) is 17.6 Å². The van der Waals surface area contributed by atoms with Crippen LogP contribution in [0.2, 0.25) is 0 Å². The van der Waals surface area contributed by atoms with E-state index in [1.54, 1.807) is 0 Å². The van der Waals surface area contributed by atoms with Crippen molar-refractivity contribution in [3.8, 4) is 0 Å². The predicted octanol–water partition coefficient (Wildman–Crippen LogP) is 1.91. The molecule has 14 heavy (non-hydrogen) atoms. The van der Waals surface area contributed by atoms with Crippen LogP contribution in [0.3, 0.4) is 0 Å². The van der Waals surface area contributed by atoms with Crippen molar-refractivity contribution in [2.45, 2.75) is 57.1 Å². The van der Waals surface area contributed by atoms with E-state index in [-0.39, 0.29) is 16.5 Å². The Morgan fingerprint density at radius 2 is 1.86 bits per heavy atom. The third-order valence-electron chi connectivity index (χ3n) is 3.16. The van der Waals surface area contributed by atoms with E-state index in [0.29, 0.717) is 11.8 Å². The van der Waals surface area contributed by atoms with Crippen molar-refractivity contribution < 1.29 is 4.21 Å². The molecule has 2 nitrogen and oxygen atoms in total. The first kappa shape index (κ1) is 12.2. The molecule has 0 radical (unpaired) electrons. The van der Waals surface area contributed by atoms with E-state index in [1.807, 2.05) is 13.8 Å². The van der Waals surface area contributed by atoms with Gasteiger partial charge in [-0.25, -0.2) is 0 Å². The first-order valence-electron chi connectivity index (χ1n) is 5.58. The second kappa shape index (κ2) is 4.75. The van der Waals surface area contributed by atoms with Gasteiger partial charge in [0, 0.05) is 22.1 Å². The summed E-state index contributed by atoms with van der Waals surface area (Å²) in [5.41, 5.74) is 6.11. The highest BCUT2D eigenvalue weighted by atomic mass is 32.2. The molecule has 0 aromatic heterocycles. The summed E-state index contributed by atoms with van der Waals surface area (Å²) in [4.78, 5) is 0. The molecule has 2 N–H and O–H groups in total. The molecule has 0 bridgehead atoms. The van der Waals surface area contributed by atoms with Crippen LogP contribution < -0.4 is 5.73 Å². The minimum atomic E-state index is -0.758. The van der Waals surface area contributed by atoms with Crippen LogP contribution in [0.5, 0.6) is 0 Å². The Morgan fingerprint density at radius 1 is 1.29 bits per heavy atom. The number of hydrogen-bond acceptors (Lipinski definition) is 2. The molecule has 84 valence electrons. The number of rotatable bonds is 2. The first-order valence-corrected chi connectivity index (χ1v) is 6.86. The molecule has 0 aliphatic heterocycles. The maximum Gasteiger partial charge on any atom is 0.0527 e. The van der Waals surface area contributed by atoms with E-state index in [1.165, 1.54) is 6.42 Å². The second-order valence-corrected chi connectivity index (χ2v) is 7.20. The van der Waals surface area contributed by atoms with Gasteiger partial charge in [0.05, 0.1) is 5.25 Å². The Balaban J connectivity index is 2.72. The van der Waals surface area contributed by atoms with E-state index in [0.717, 1.165) is 6.42 Å². The van der Waals surface area contributed by atoms with Crippen molar-refractivity contribution in [3.63, 3.8) is 0 Å². The van der Waals surface area contributed by atoms with Gasteiger partial charge in [-0.3, -0.25) is 4.21 Å². The molecule has 1 fully saturated rings. The maximum atomic E-state index is 12.1. The summed E-state index contributed by atoms with van der Waals surface area (Å²) in [6, 6.07) is 0.136. The van der Waals surface area contributed by atoms with Gasteiger partial charge in [0.25, 0.3) is 0 Å². The Bertz CT molecular complexity index is 205. The summed E-state index contributed by atoms with van der Waals surface area (Å²) in [6.45, 7) is 8.48. The highest BCUT2D eigenvalue weighted by Crippen LogP contribution is 2.32. The fourth-order valence-electron chi connectivity index (χ4n) is 2.60. The molecule has 0 aromatic carbocycles. The normalized spacial score (nSPS) is 41.3. The van der Waals surface area contributed by atoms with Crippen LogP contribution in [0.25, 0.3) is 0 Å². The molecule has 3 heteroatoms. The van der Waals surface area contributed by atoms with Gasteiger partial charge in [-0.2, -0.15) is 0 Å². The van der Waals surface area contributed by atoms with Crippen LogP contribution in [-0.2, 0) is 10.8 Å². The monoisotopic (exact) mass is 217 g/mol. The Labute approximate surface area is 90.1 Å². The zero-order valence-corrected chi connectivity index (χ0v) is 10.5. The number of nitrogens with two attached hydrogens (primary N) is 1. The summed E-state index contributed by atoms with van der Waals surface area (Å²) in [6.07, 6.45) is 2.21. The molecule has 0 heterocycles. The van der Waals surface area contributed by atoms with E-state index >= 15 is 0 Å². The van der Waals surface area contributed by atoms with E-state index < -0.39 is 10.8 Å². The van der Waals surface area contributed by atoms with Crippen LogP contribution in [0.4, 0.5) is 0 Å². The topological polar surface area (TPSA) is 43.1 Å². The van der Waals surface area contributed by atoms with Gasteiger partial charge in [-0.1, -0.05) is 27.7 Å². The molecule has 1 aliphatic carbocycles. The molecular weight excluding hydrogens is 194 g/mol. The van der Waals surface area contributed by atoms with Gasteiger partial charge in [-0.05, 0) is 24.7 Å². The Hall–Kier alpha value is 0.110. The molecule has 0 aromatic rings. The van der Waals surface area contributed by atoms with Gasteiger partial charge in [0.15, 0.2) is 0 Å². The van der Waals surface area contributed by atoms with Gasteiger partial charge in [0.2, 0.25) is 0 Å². The third-order valence-corrected chi connectivity index (χ3v) is 5.44. The molecule has 5 unspecified atom stereocenters.